The second kappa shape index (κ2) is 7.91. The van der Waals surface area contributed by atoms with Crippen molar-refractivity contribution in [3.8, 4) is 28.3 Å². The Morgan fingerprint density at radius 3 is 2.90 bits per heavy atom. The highest BCUT2D eigenvalue weighted by atomic mass is 16.5. The van der Waals surface area contributed by atoms with Gasteiger partial charge in [-0.25, -0.2) is 4.98 Å². The summed E-state index contributed by atoms with van der Waals surface area (Å²) in [6.45, 7) is 6.16. The molecule has 3 aromatic heterocycles. The lowest BCUT2D eigenvalue weighted by Crippen LogP contribution is -2.37. The molecule has 0 radical (unpaired) electrons. The van der Waals surface area contributed by atoms with Crippen molar-refractivity contribution >= 4 is 10.9 Å². The SMILES string of the molecule is CC(C)n1cc(-c2ccc3[nH]cc(-c4cncc(O[C@@H]5CCCNC5)n4)c3c2)cn1. The van der Waals surface area contributed by atoms with Crippen molar-refractivity contribution in [2.45, 2.75) is 38.8 Å². The van der Waals surface area contributed by atoms with Crippen LogP contribution in [0.2, 0.25) is 0 Å². The Balaban J connectivity index is 1.47. The maximum Gasteiger partial charge on any atom is 0.233 e. The predicted octanol–water partition coefficient (Wildman–Crippen LogP) is 4.20. The third-order valence-corrected chi connectivity index (χ3v) is 5.57. The van der Waals surface area contributed by atoms with Gasteiger partial charge in [0.05, 0.1) is 24.3 Å². The predicted molar refractivity (Wildman–Crippen MR) is 117 cm³/mol. The van der Waals surface area contributed by atoms with Crippen LogP contribution in [0, 0.1) is 0 Å². The molecular weight excluding hydrogens is 376 g/mol. The van der Waals surface area contributed by atoms with E-state index in [-0.39, 0.29) is 6.10 Å². The molecule has 1 aliphatic heterocycles. The lowest BCUT2D eigenvalue weighted by atomic mass is 10.0. The van der Waals surface area contributed by atoms with Gasteiger partial charge >= 0.3 is 0 Å². The summed E-state index contributed by atoms with van der Waals surface area (Å²) < 4.78 is 8.04. The first kappa shape index (κ1) is 18.8. The molecule has 2 N–H and O–H groups in total. The zero-order valence-corrected chi connectivity index (χ0v) is 17.3. The number of fused-ring (bicyclic) bond motifs is 1. The van der Waals surface area contributed by atoms with E-state index >= 15 is 0 Å². The van der Waals surface area contributed by atoms with Crippen LogP contribution in [0.3, 0.4) is 0 Å². The van der Waals surface area contributed by atoms with Gasteiger partial charge in [-0.1, -0.05) is 6.07 Å². The summed E-state index contributed by atoms with van der Waals surface area (Å²) in [4.78, 5) is 12.5. The van der Waals surface area contributed by atoms with Crippen LogP contribution in [-0.2, 0) is 0 Å². The Morgan fingerprint density at radius 2 is 2.10 bits per heavy atom. The first-order valence-corrected chi connectivity index (χ1v) is 10.5. The Hall–Kier alpha value is -3.19. The number of hydrogen-bond donors (Lipinski definition) is 2. The van der Waals surface area contributed by atoms with Gasteiger partial charge in [-0.05, 0) is 50.9 Å². The molecule has 154 valence electrons. The summed E-state index contributed by atoms with van der Waals surface area (Å²) in [5.41, 5.74) is 5.12. The second-order valence-electron chi connectivity index (χ2n) is 8.09. The Bertz CT molecular complexity index is 1160. The molecule has 0 bridgehead atoms. The highest BCUT2D eigenvalue weighted by molar-refractivity contribution is 5.97. The van der Waals surface area contributed by atoms with Gasteiger partial charge in [0, 0.05) is 47.0 Å². The van der Waals surface area contributed by atoms with Gasteiger partial charge in [0.15, 0.2) is 0 Å². The summed E-state index contributed by atoms with van der Waals surface area (Å²) >= 11 is 0. The van der Waals surface area contributed by atoms with Crippen molar-refractivity contribution in [1.82, 2.24) is 30.0 Å². The molecule has 1 atom stereocenters. The fourth-order valence-electron chi connectivity index (χ4n) is 3.91. The van der Waals surface area contributed by atoms with E-state index in [9.17, 15) is 0 Å². The largest absolute Gasteiger partial charge is 0.472 e. The molecule has 30 heavy (non-hydrogen) atoms. The van der Waals surface area contributed by atoms with Crippen molar-refractivity contribution in [1.29, 1.82) is 0 Å². The van der Waals surface area contributed by atoms with Gasteiger partial charge in [-0.3, -0.25) is 9.67 Å². The molecule has 0 aliphatic carbocycles. The highest BCUT2D eigenvalue weighted by Gasteiger charge is 2.16. The Morgan fingerprint density at radius 1 is 1.17 bits per heavy atom. The monoisotopic (exact) mass is 402 g/mol. The number of aromatic nitrogens is 5. The van der Waals surface area contributed by atoms with Crippen LogP contribution >= 0.6 is 0 Å². The van der Waals surface area contributed by atoms with Crippen LogP contribution in [0.25, 0.3) is 33.3 Å². The molecule has 0 unspecified atom stereocenters. The average Bonchev–Trinajstić information content (AvgIpc) is 3.42. The first-order chi connectivity index (χ1) is 14.7. The van der Waals surface area contributed by atoms with E-state index in [0.717, 1.165) is 59.2 Å². The second-order valence-corrected chi connectivity index (χ2v) is 8.09. The summed E-state index contributed by atoms with van der Waals surface area (Å²) in [5, 5.41) is 8.95. The van der Waals surface area contributed by atoms with Crippen LogP contribution in [-0.4, -0.2) is 43.9 Å². The van der Waals surface area contributed by atoms with Crippen molar-refractivity contribution in [2.24, 2.45) is 0 Å². The Kier molecular flexibility index (Phi) is 4.96. The smallest absolute Gasteiger partial charge is 0.233 e. The molecule has 1 saturated heterocycles. The fourth-order valence-corrected chi connectivity index (χ4v) is 3.91. The zero-order chi connectivity index (χ0) is 20.5. The minimum absolute atomic E-state index is 0.148. The maximum absolute atomic E-state index is 6.07. The molecule has 4 aromatic rings. The van der Waals surface area contributed by atoms with Crippen molar-refractivity contribution < 1.29 is 4.74 Å². The summed E-state index contributed by atoms with van der Waals surface area (Å²) in [6, 6.07) is 6.74. The van der Waals surface area contributed by atoms with Gasteiger partial charge in [0.2, 0.25) is 5.88 Å². The van der Waals surface area contributed by atoms with Crippen LogP contribution < -0.4 is 10.1 Å². The molecule has 0 saturated carbocycles. The van der Waals surface area contributed by atoms with E-state index in [4.69, 9.17) is 9.72 Å². The van der Waals surface area contributed by atoms with Crippen LogP contribution in [0.5, 0.6) is 5.88 Å². The summed E-state index contributed by atoms with van der Waals surface area (Å²) in [6.07, 6.45) is 11.8. The van der Waals surface area contributed by atoms with Gasteiger partial charge in [-0.2, -0.15) is 5.10 Å². The van der Waals surface area contributed by atoms with Crippen LogP contribution in [0.4, 0.5) is 0 Å². The number of ether oxygens (including phenoxy) is 1. The lowest BCUT2D eigenvalue weighted by molar-refractivity contribution is 0.160. The zero-order valence-electron chi connectivity index (χ0n) is 17.3. The molecular formula is C23H26N6O. The first-order valence-electron chi connectivity index (χ1n) is 10.5. The van der Waals surface area contributed by atoms with Crippen LogP contribution in [0.1, 0.15) is 32.7 Å². The lowest BCUT2D eigenvalue weighted by Gasteiger charge is -2.23. The summed E-state index contributed by atoms with van der Waals surface area (Å²) in [5.74, 6) is 0.574. The molecule has 1 aromatic carbocycles. The minimum Gasteiger partial charge on any atom is -0.472 e. The number of aromatic amines is 1. The number of H-pyrrole nitrogens is 1. The van der Waals surface area contributed by atoms with Gasteiger partial charge < -0.3 is 15.0 Å². The number of benzene rings is 1. The average molecular weight is 403 g/mol. The molecule has 7 heteroatoms. The third kappa shape index (κ3) is 3.68. The summed E-state index contributed by atoms with van der Waals surface area (Å²) in [7, 11) is 0. The Labute approximate surface area is 175 Å². The van der Waals surface area contributed by atoms with Gasteiger partial charge in [0.1, 0.15) is 6.10 Å². The van der Waals surface area contributed by atoms with E-state index in [1.165, 1.54) is 0 Å². The normalized spacial score (nSPS) is 17.0. The highest BCUT2D eigenvalue weighted by Crippen LogP contribution is 2.32. The third-order valence-electron chi connectivity index (χ3n) is 5.57. The number of rotatable bonds is 5. The van der Waals surface area contributed by atoms with Crippen molar-refractivity contribution in [2.75, 3.05) is 13.1 Å². The van der Waals surface area contributed by atoms with E-state index in [1.807, 2.05) is 17.1 Å². The number of hydrogen-bond acceptors (Lipinski definition) is 5. The molecule has 7 nitrogen and oxygen atoms in total. The molecule has 0 spiro atoms. The number of nitrogens with one attached hydrogen (secondary N) is 2. The topological polar surface area (TPSA) is 80.7 Å². The standard InChI is InChI=1S/C23H26N6O/c1-15(2)29-14-17(9-27-29)16-5-6-21-19(8-16)20(11-26-21)22-12-25-13-23(28-22)30-18-4-3-7-24-10-18/h5-6,8-9,11-15,18,24,26H,3-4,7,10H2,1-2H3/t18-/m1/s1. The van der Waals surface area contributed by atoms with Crippen LogP contribution in [0.15, 0.2) is 49.2 Å². The molecule has 1 fully saturated rings. The number of piperidine rings is 1. The number of nitrogens with zero attached hydrogens (tertiary/aromatic N) is 4. The minimum atomic E-state index is 0.148. The van der Waals surface area contributed by atoms with Gasteiger partial charge in [-0.15, -0.1) is 0 Å². The van der Waals surface area contributed by atoms with E-state index in [2.05, 4.69) is 58.6 Å². The fraction of sp³-hybridized carbons (Fsp3) is 0.348. The molecule has 0 amide bonds. The van der Waals surface area contributed by atoms with Crippen molar-refractivity contribution in [3.63, 3.8) is 0 Å². The van der Waals surface area contributed by atoms with E-state index < -0.39 is 0 Å². The van der Waals surface area contributed by atoms with E-state index in [0.29, 0.717) is 11.9 Å². The van der Waals surface area contributed by atoms with Gasteiger partial charge in [0.25, 0.3) is 0 Å². The quantitative estimate of drug-likeness (QED) is 0.523. The molecule has 5 rings (SSSR count). The van der Waals surface area contributed by atoms with Crippen molar-refractivity contribution in [3.05, 3.63) is 49.2 Å². The van der Waals surface area contributed by atoms with E-state index in [1.54, 1.807) is 12.4 Å². The molecule has 1 aliphatic rings. The molecule has 4 heterocycles. The maximum atomic E-state index is 6.07.